The summed E-state index contributed by atoms with van der Waals surface area (Å²) in [6.07, 6.45) is 2.93. The second-order valence-electron chi connectivity index (χ2n) is 6.14. The molecular formula is C18H19N3O3S. The van der Waals surface area contributed by atoms with Gasteiger partial charge in [-0.15, -0.1) is 0 Å². The van der Waals surface area contributed by atoms with Gasteiger partial charge in [0.1, 0.15) is 9.84 Å². The molecule has 0 bridgehead atoms. The van der Waals surface area contributed by atoms with Crippen LogP contribution in [0.2, 0.25) is 0 Å². The van der Waals surface area contributed by atoms with Crippen LogP contribution in [0, 0.1) is 5.92 Å². The lowest BCUT2D eigenvalue weighted by atomic mass is 10.2. The van der Waals surface area contributed by atoms with E-state index in [4.69, 9.17) is 0 Å². The van der Waals surface area contributed by atoms with E-state index in [1.54, 1.807) is 25.3 Å². The minimum absolute atomic E-state index is 0.170. The Hall–Kier alpha value is -2.67. The van der Waals surface area contributed by atoms with Gasteiger partial charge in [0, 0.05) is 23.2 Å². The summed E-state index contributed by atoms with van der Waals surface area (Å²) in [6, 6.07) is 15.2. The highest BCUT2D eigenvalue weighted by Gasteiger charge is 2.18. The van der Waals surface area contributed by atoms with Crippen LogP contribution < -0.4 is 5.32 Å². The fraction of sp³-hybridized carbons (Fsp3) is 0.222. The van der Waals surface area contributed by atoms with Crippen molar-refractivity contribution < 1.29 is 13.2 Å². The third-order valence-electron chi connectivity index (χ3n) is 3.86. The van der Waals surface area contributed by atoms with Crippen molar-refractivity contribution in [3.63, 3.8) is 0 Å². The highest BCUT2D eigenvalue weighted by molar-refractivity contribution is 7.90. The third kappa shape index (κ3) is 4.06. The fourth-order valence-corrected chi connectivity index (χ4v) is 3.72. The molecule has 0 aliphatic carbocycles. The number of nitrogens with zero attached hydrogens (tertiary/aromatic N) is 2. The molecule has 0 spiro atoms. The largest absolute Gasteiger partial charge is 0.326 e. The van der Waals surface area contributed by atoms with Crippen LogP contribution in [0.15, 0.2) is 54.7 Å². The Bertz CT molecular complexity index is 1010. The summed E-state index contributed by atoms with van der Waals surface area (Å²) in [6.45, 7) is 1.60. The predicted molar refractivity (Wildman–Crippen MR) is 98.6 cm³/mol. The molecule has 1 aromatic heterocycles. The van der Waals surface area contributed by atoms with Crippen LogP contribution in [0.3, 0.4) is 0 Å². The number of carbonyl (C=O) groups excluding carboxylic acids is 1. The highest BCUT2D eigenvalue weighted by atomic mass is 32.2. The second-order valence-corrected chi connectivity index (χ2v) is 8.33. The average Bonchev–Trinajstić information content (AvgIpc) is 2.98. The van der Waals surface area contributed by atoms with Crippen molar-refractivity contribution in [3.8, 4) is 5.69 Å². The van der Waals surface area contributed by atoms with Crippen molar-refractivity contribution in [2.75, 3.05) is 17.3 Å². The summed E-state index contributed by atoms with van der Waals surface area (Å²) >= 11 is 0. The first kappa shape index (κ1) is 17.2. The number of aromatic nitrogens is 2. The number of benzene rings is 2. The van der Waals surface area contributed by atoms with Crippen molar-refractivity contribution in [2.45, 2.75) is 6.92 Å². The molecule has 0 saturated heterocycles. The summed E-state index contributed by atoms with van der Waals surface area (Å²) in [5, 5.41) is 8.18. The molecule has 0 aliphatic heterocycles. The van der Waals surface area contributed by atoms with E-state index in [0.29, 0.717) is 5.69 Å². The van der Waals surface area contributed by atoms with Crippen LogP contribution in [-0.2, 0) is 14.6 Å². The number of hydrogen-bond donors (Lipinski definition) is 1. The zero-order valence-corrected chi connectivity index (χ0v) is 14.8. The van der Waals surface area contributed by atoms with E-state index < -0.39 is 15.8 Å². The fourth-order valence-electron chi connectivity index (χ4n) is 2.66. The van der Waals surface area contributed by atoms with Crippen molar-refractivity contribution in [3.05, 3.63) is 54.7 Å². The molecule has 3 aromatic rings. The number of nitrogens with one attached hydrogen (secondary N) is 1. The Morgan fingerprint density at radius 1 is 1.16 bits per heavy atom. The molecule has 7 heteroatoms. The number of rotatable bonds is 5. The molecule has 0 fully saturated rings. The molecular weight excluding hydrogens is 338 g/mol. The first-order chi connectivity index (χ1) is 11.8. The van der Waals surface area contributed by atoms with E-state index >= 15 is 0 Å². The zero-order chi connectivity index (χ0) is 18.0. The first-order valence-electron chi connectivity index (χ1n) is 7.85. The quantitative estimate of drug-likeness (QED) is 0.761. The van der Waals surface area contributed by atoms with Gasteiger partial charge in [-0.05, 0) is 30.3 Å². The van der Waals surface area contributed by atoms with Gasteiger partial charge in [0.05, 0.1) is 23.2 Å². The van der Waals surface area contributed by atoms with Crippen molar-refractivity contribution in [2.24, 2.45) is 5.92 Å². The lowest BCUT2D eigenvalue weighted by Gasteiger charge is -2.12. The van der Waals surface area contributed by atoms with Crippen LogP contribution in [-0.4, -0.2) is 36.1 Å². The summed E-state index contributed by atoms with van der Waals surface area (Å²) in [7, 11) is -3.19. The van der Waals surface area contributed by atoms with E-state index in [-0.39, 0.29) is 11.7 Å². The number of para-hydroxylation sites is 1. The third-order valence-corrected chi connectivity index (χ3v) is 4.96. The topological polar surface area (TPSA) is 81.1 Å². The number of carbonyl (C=O) groups is 1. The number of sulfone groups is 1. The van der Waals surface area contributed by atoms with Crippen LogP contribution in [0.4, 0.5) is 5.69 Å². The molecule has 1 amide bonds. The van der Waals surface area contributed by atoms with E-state index in [1.807, 2.05) is 41.1 Å². The normalized spacial score (nSPS) is 12.9. The maximum Gasteiger partial charge on any atom is 0.228 e. The Kier molecular flexibility index (Phi) is 4.59. The van der Waals surface area contributed by atoms with E-state index in [2.05, 4.69) is 10.4 Å². The van der Waals surface area contributed by atoms with Crippen LogP contribution >= 0.6 is 0 Å². The smallest absolute Gasteiger partial charge is 0.228 e. The van der Waals surface area contributed by atoms with Gasteiger partial charge < -0.3 is 5.32 Å². The van der Waals surface area contributed by atoms with Gasteiger partial charge in [-0.3, -0.25) is 4.79 Å². The molecule has 0 radical (unpaired) electrons. The van der Waals surface area contributed by atoms with Gasteiger partial charge >= 0.3 is 0 Å². The molecule has 0 aliphatic rings. The second kappa shape index (κ2) is 6.68. The van der Waals surface area contributed by atoms with E-state index in [1.165, 1.54) is 0 Å². The molecule has 6 nitrogen and oxygen atoms in total. The maximum absolute atomic E-state index is 12.1. The Labute approximate surface area is 146 Å². The Morgan fingerprint density at radius 2 is 1.84 bits per heavy atom. The van der Waals surface area contributed by atoms with Crippen molar-refractivity contribution in [1.82, 2.24) is 9.78 Å². The van der Waals surface area contributed by atoms with Crippen molar-refractivity contribution in [1.29, 1.82) is 0 Å². The molecule has 1 heterocycles. The molecule has 130 valence electrons. The SMILES string of the molecule is CC(CS(C)(=O)=O)C(=O)Nc1ccc(-n2ncc3ccccc32)cc1. The molecule has 1 unspecified atom stereocenters. The molecule has 25 heavy (non-hydrogen) atoms. The summed E-state index contributed by atoms with van der Waals surface area (Å²) in [5.74, 6) is -1.09. The zero-order valence-electron chi connectivity index (χ0n) is 14.0. The molecule has 3 rings (SSSR count). The monoisotopic (exact) mass is 357 g/mol. The van der Waals surface area contributed by atoms with Crippen LogP contribution in [0.25, 0.3) is 16.6 Å². The van der Waals surface area contributed by atoms with Gasteiger partial charge in [-0.2, -0.15) is 5.10 Å². The van der Waals surface area contributed by atoms with Crippen LogP contribution in [0.1, 0.15) is 6.92 Å². The molecule has 0 saturated carbocycles. The lowest BCUT2D eigenvalue weighted by molar-refractivity contribution is -0.118. The Morgan fingerprint density at radius 3 is 2.52 bits per heavy atom. The van der Waals surface area contributed by atoms with Crippen molar-refractivity contribution >= 4 is 32.3 Å². The minimum atomic E-state index is -3.19. The highest BCUT2D eigenvalue weighted by Crippen LogP contribution is 2.19. The van der Waals surface area contributed by atoms with Gasteiger partial charge in [0.2, 0.25) is 5.91 Å². The number of anilines is 1. The maximum atomic E-state index is 12.1. The first-order valence-corrected chi connectivity index (χ1v) is 9.91. The number of hydrogen-bond acceptors (Lipinski definition) is 4. The lowest BCUT2D eigenvalue weighted by Crippen LogP contribution is -2.26. The molecule has 1 atom stereocenters. The van der Waals surface area contributed by atoms with E-state index in [0.717, 1.165) is 22.8 Å². The molecule has 1 N–H and O–H groups in total. The standard InChI is InChI=1S/C18H19N3O3S/c1-13(12-25(2,23)24)18(22)20-15-7-9-16(10-8-15)21-17-6-4-3-5-14(17)11-19-21/h3-11,13H,12H2,1-2H3,(H,20,22). The Balaban J connectivity index is 1.75. The van der Waals surface area contributed by atoms with Crippen LogP contribution in [0.5, 0.6) is 0 Å². The van der Waals surface area contributed by atoms with E-state index in [9.17, 15) is 13.2 Å². The summed E-state index contributed by atoms with van der Waals surface area (Å²) in [4.78, 5) is 12.1. The summed E-state index contributed by atoms with van der Waals surface area (Å²) < 4.78 is 24.4. The minimum Gasteiger partial charge on any atom is -0.326 e. The predicted octanol–water partition coefficient (Wildman–Crippen LogP) is 2.64. The number of fused-ring (bicyclic) bond motifs is 1. The number of amides is 1. The van der Waals surface area contributed by atoms with Gasteiger partial charge in [0.15, 0.2) is 0 Å². The van der Waals surface area contributed by atoms with Gasteiger partial charge in [-0.1, -0.05) is 25.1 Å². The average molecular weight is 357 g/mol. The molecule has 2 aromatic carbocycles. The summed E-state index contributed by atoms with van der Waals surface area (Å²) in [5.41, 5.74) is 2.50. The van der Waals surface area contributed by atoms with Gasteiger partial charge in [0.25, 0.3) is 0 Å². The van der Waals surface area contributed by atoms with Gasteiger partial charge in [-0.25, -0.2) is 13.1 Å².